The highest BCUT2D eigenvalue weighted by Crippen LogP contribution is 2.53. The topological polar surface area (TPSA) is 50.3 Å². The van der Waals surface area contributed by atoms with Gasteiger partial charge in [0, 0.05) is 11.6 Å². The van der Waals surface area contributed by atoms with Crippen molar-refractivity contribution in [1.29, 1.82) is 0 Å². The van der Waals surface area contributed by atoms with Crippen molar-refractivity contribution >= 4 is 28.4 Å². The van der Waals surface area contributed by atoms with E-state index < -0.39 is 0 Å². The number of carbonyl (C=O) groups is 2. The van der Waals surface area contributed by atoms with E-state index in [1.54, 1.807) is 6.20 Å². The lowest BCUT2D eigenvalue weighted by Gasteiger charge is -2.19. The normalized spacial score (nSPS) is 27.8. The molecular weight excluding hydrogens is 348 g/mol. The number of fused-ring (bicyclic) bond motifs is 6. The Hall–Kier alpha value is -3.27. The van der Waals surface area contributed by atoms with Gasteiger partial charge in [0.05, 0.1) is 23.0 Å². The minimum absolute atomic E-state index is 0.0636. The van der Waals surface area contributed by atoms with Crippen LogP contribution in [0.5, 0.6) is 0 Å². The van der Waals surface area contributed by atoms with Gasteiger partial charge >= 0.3 is 0 Å². The molecule has 1 aromatic heterocycles. The summed E-state index contributed by atoms with van der Waals surface area (Å²) in [4.78, 5) is 32.4. The van der Waals surface area contributed by atoms with E-state index in [1.807, 2.05) is 42.5 Å². The molecule has 0 radical (unpaired) electrons. The molecule has 4 unspecified atom stereocenters. The number of para-hydroxylation sites is 1. The average Bonchev–Trinajstić information content (AvgIpc) is 3.42. The van der Waals surface area contributed by atoms with Crippen molar-refractivity contribution in [2.45, 2.75) is 6.42 Å². The van der Waals surface area contributed by atoms with Crippen LogP contribution in [0.15, 0.2) is 72.9 Å². The van der Waals surface area contributed by atoms with Crippen LogP contribution in [0.2, 0.25) is 0 Å². The largest absolute Gasteiger partial charge is 0.274 e. The molecule has 1 saturated carbocycles. The van der Waals surface area contributed by atoms with E-state index in [1.165, 1.54) is 4.90 Å². The maximum absolute atomic E-state index is 13.2. The first kappa shape index (κ1) is 15.8. The van der Waals surface area contributed by atoms with Crippen molar-refractivity contribution in [3.63, 3.8) is 0 Å². The molecule has 1 aliphatic heterocycles. The number of aromatic nitrogens is 1. The van der Waals surface area contributed by atoms with Crippen LogP contribution >= 0.6 is 0 Å². The number of allylic oxidation sites excluding steroid dienone is 2. The Kier molecular flexibility index (Phi) is 3.16. The molecule has 28 heavy (non-hydrogen) atoms. The fourth-order valence-electron chi connectivity index (χ4n) is 5.35. The number of hydrogen-bond donors (Lipinski definition) is 0. The molecule has 2 amide bonds. The molecule has 2 fully saturated rings. The fraction of sp³-hybridized carbons (Fsp3) is 0.208. The highest BCUT2D eigenvalue weighted by Gasteiger charge is 2.59. The molecule has 6 rings (SSSR count). The predicted molar refractivity (Wildman–Crippen MR) is 107 cm³/mol. The first-order chi connectivity index (χ1) is 13.7. The number of nitrogens with zero attached hydrogens (tertiary/aromatic N) is 2. The number of pyridine rings is 1. The molecule has 0 spiro atoms. The lowest BCUT2D eigenvalue weighted by Crippen LogP contribution is -2.33. The number of benzene rings is 2. The quantitative estimate of drug-likeness (QED) is 0.504. The lowest BCUT2D eigenvalue weighted by atomic mass is 9.85. The molecule has 2 aliphatic carbocycles. The van der Waals surface area contributed by atoms with Crippen molar-refractivity contribution in [3.8, 4) is 11.1 Å². The number of carbonyl (C=O) groups excluding carboxylic acids is 2. The predicted octanol–water partition coefficient (Wildman–Crippen LogP) is 4.21. The molecule has 2 aromatic carbocycles. The highest BCUT2D eigenvalue weighted by molar-refractivity contribution is 6.25. The molecule has 4 heteroatoms. The number of hydrogen-bond acceptors (Lipinski definition) is 3. The van der Waals surface area contributed by atoms with Crippen LogP contribution in [0.25, 0.3) is 22.0 Å². The minimum atomic E-state index is -0.199. The van der Waals surface area contributed by atoms with Crippen LogP contribution in [0, 0.1) is 23.7 Å². The van der Waals surface area contributed by atoms with E-state index in [2.05, 4.69) is 29.3 Å². The summed E-state index contributed by atoms with van der Waals surface area (Å²) in [6.07, 6.45) is 6.93. The van der Waals surface area contributed by atoms with Gasteiger partial charge in [0.15, 0.2) is 0 Å². The molecule has 1 saturated heterocycles. The van der Waals surface area contributed by atoms with Crippen molar-refractivity contribution < 1.29 is 9.59 Å². The minimum Gasteiger partial charge on any atom is -0.274 e. The third-order valence-electron chi connectivity index (χ3n) is 6.55. The van der Waals surface area contributed by atoms with Crippen LogP contribution in [-0.4, -0.2) is 16.8 Å². The first-order valence-corrected chi connectivity index (χ1v) is 9.73. The van der Waals surface area contributed by atoms with E-state index in [9.17, 15) is 9.59 Å². The Morgan fingerprint density at radius 3 is 2.25 bits per heavy atom. The summed E-state index contributed by atoms with van der Waals surface area (Å²) in [6.45, 7) is 0. The van der Waals surface area contributed by atoms with Gasteiger partial charge in [-0.05, 0) is 41.5 Å². The third-order valence-corrected chi connectivity index (χ3v) is 6.55. The van der Waals surface area contributed by atoms with Gasteiger partial charge in [0.25, 0.3) is 0 Å². The number of rotatable bonds is 2. The van der Waals surface area contributed by atoms with Gasteiger partial charge in [-0.3, -0.25) is 14.6 Å². The Morgan fingerprint density at radius 2 is 1.54 bits per heavy atom. The third kappa shape index (κ3) is 1.97. The average molecular weight is 366 g/mol. The molecule has 2 bridgehead atoms. The summed E-state index contributed by atoms with van der Waals surface area (Å²) in [6, 6.07) is 17.8. The standard InChI is InChI=1S/C24H18N2O2/c27-23-20-15-9-10-16(13-15)21(20)24(28)26(23)19-8-4-7-18-17(11-12-25-22(18)19)14-5-2-1-3-6-14/h1-12,15-16,20-21H,13H2. The van der Waals surface area contributed by atoms with Crippen LogP contribution < -0.4 is 4.90 Å². The van der Waals surface area contributed by atoms with E-state index in [0.717, 1.165) is 22.9 Å². The van der Waals surface area contributed by atoms with Crippen molar-refractivity contribution in [2.24, 2.45) is 23.7 Å². The Bertz CT molecular complexity index is 1140. The zero-order chi connectivity index (χ0) is 18.8. The summed E-state index contributed by atoms with van der Waals surface area (Å²) >= 11 is 0. The van der Waals surface area contributed by atoms with Crippen molar-refractivity contribution in [1.82, 2.24) is 4.98 Å². The highest BCUT2D eigenvalue weighted by atomic mass is 16.2. The van der Waals surface area contributed by atoms with Crippen LogP contribution in [0.3, 0.4) is 0 Å². The van der Waals surface area contributed by atoms with Gasteiger partial charge in [0.2, 0.25) is 11.8 Å². The molecule has 4 nitrogen and oxygen atoms in total. The second-order valence-corrected chi connectivity index (χ2v) is 7.91. The Balaban J connectivity index is 1.51. The molecule has 136 valence electrons. The maximum atomic E-state index is 13.2. The van der Waals surface area contributed by atoms with Crippen LogP contribution in [0.1, 0.15) is 6.42 Å². The van der Waals surface area contributed by atoms with E-state index in [0.29, 0.717) is 11.2 Å². The first-order valence-electron chi connectivity index (χ1n) is 9.73. The van der Waals surface area contributed by atoms with Gasteiger partial charge < -0.3 is 0 Å². The number of amides is 2. The van der Waals surface area contributed by atoms with Gasteiger partial charge in [-0.2, -0.15) is 0 Å². The zero-order valence-corrected chi connectivity index (χ0v) is 15.2. The van der Waals surface area contributed by atoms with E-state index in [4.69, 9.17) is 0 Å². The molecular formula is C24H18N2O2. The molecule has 4 atom stereocenters. The van der Waals surface area contributed by atoms with E-state index in [-0.39, 0.29) is 35.5 Å². The lowest BCUT2D eigenvalue weighted by molar-refractivity contribution is -0.123. The number of imide groups is 1. The monoisotopic (exact) mass is 366 g/mol. The molecule has 3 aromatic rings. The second kappa shape index (κ2) is 5.61. The maximum Gasteiger partial charge on any atom is 0.238 e. The Labute approximate surface area is 162 Å². The number of anilines is 1. The van der Waals surface area contributed by atoms with Crippen LogP contribution in [0.4, 0.5) is 5.69 Å². The van der Waals surface area contributed by atoms with Gasteiger partial charge in [0.1, 0.15) is 0 Å². The molecule has 3 aliphatic rings. The van der Waals surface area contributed by atoms with Crippen molar-refractivity contribution in [3.05, 3.63) is 72.9 Å². The summed E-state index contributed by atoms with van der Waals surface area (Å²) in [5, 5.41) is 0.949. The van der Waals surface area contributed by atoms with Gasteiger partial charge in [-0.25, -0.2) is 4.90 Å². The summed E-state index contributed by atoms with van der Waals surface area (Å²) in [7, 11) is 0. The zero-order valence-electron chi connectivity index (χ0n) is 15.2. The summed E-state index contributed by atoms with van der Waals surface area (Å²) < 4.78 is 0. The van der Waals surface area contributed by atoms with Crippen molar-refractivity contribution in [2.75, 3.05) is 4.90 Å². The molecule has 0 N–H and O–H groups in total. The van der Waals surface area contributed by atoms with E-state index >= 15 is 0 Å². The smallest absolute Gasteiger partial charge is 0.238 e. The Morgan fingerprint density at radius 1 is 0.821 bits per heavy atom. The second-order valence-electron chi connectivity index (χ2n) is 7.91. The summed E-state index contributed by atoms with van der Waals surface area (Å²) in [5.41, 5.74) is 3.45. The van der Waals surface area contributed by atoms with Gasteiger partial charge in [-0.15, -0.1) is 0 Å². The van der Waals surface area contributed by atoms with Gasteiger partial charge in [-0.1, -0.05) is 54.6 Å². The fourth-order valence-corrected chi connectivity index (χ4v) is 5.35. The summed E-state index contributed by atoms with van der Waals surface area (Å²) in [5.74, 6) is -0.110. The molecule has 2 heterocycles. The SMILES string of the molecule is O=C1C2C3C=CC(C3)C2C(=O)N1c1cccc2c(-c3ccccc3)ccnc12. The van der Waals surface area contributed by atoms with Crippen LogP contribution in [-0.2, 0) is 9.59 Å².